The molecule has 2 aromatic heterocycles. The summed E-state index contributed by atoms with van der Waals surface area (Å²) in [4.78, 5) is 42.3. The van der Waals surface area contributed by atoms with Gasteiger partial charge in [-0.05, 0) is 89.2 Å². The summed E-state index contributed by atoms with van der Waals surface area (Å²) in [5, 5.41) is 16.6. The Morgan fingerprint density at radius 2 is 1.63 bits per heavy atom. The number of aliphatic hydroxyl groups excluding tert-OH is 1. The minimum atomic E-state index is -2.86. The predicted molar refractivity (Wildman–Crippen MR) is 215 cm³/mol. The maximum atomic E-state index is 15.8. The van der Waals surface area contributed by atoms with E-state index in [0.717, 1.165) is 31.2 Å². The molecule has 0 radical (unpaired) electrons. The maximum absolute atomic E-state index is 15.8. The lowest BCUT2D eigenvalue weighted by Crippen LogP contribution is -2.68. The lowest BCUT2D eigenvalue weighted by molar-refractivity contribution is -0.140. The Hall–Kier alpha value is -3.52. The quantitative estimate of drug-likeness (QED) is 0.110. The average molecular weight is 766 g/mol. The van der Waals surface area contributed by atoms with E-state index in [-0.39, 0.29) is 27.8 Å². The topological polar surface area (TPSA) is 131 Å². The molecule has 13 heteroatoms. The van der Waals surface area contributed by atoms with Gasteiger partial charge in [-0.15, -0.1) is 0 Å². The molecule has 2 heterocycles. The highest BCUT2D eigenvalue weighted by atomic mass is 28.4. The number of ether oxygens (including phenoxy) is 2. The molecule has 3 aliphatic carbocycles. The minimum absolute atomic E-state index is 0.0801. The number of aromatic nitrogens is 2. The van der Waals surface area contributed by atoms with Gasteiger partial charge in [0.2, 0.25) is 11.6 Å². The third kappa shape index (κ3) is 7.28. The first-order valence-corrected chi connectivity index (χ1v) is 22.4. The molecule has 54 heavy (non-hydrogen) atoms. The summed E-state index contributed by atoms with van der Waals surface area (Å²) >= 11 is 0. The summed E-state index contributed by atoms with van der Waals surface area (Å²) in [6, 6.07) is -0.531. The van der Waals surface area contributed by atoms with Gasteiger partial charge in [0.05, 0.1) is 24.8 Å². The van der Waals surface area contributed by atoms with Gasteiger partial charge in [-0.2, -0.15) is 0 Å². The summed E-state index contributed by atoms with van der Waals surface area (Å²) in [6.07, 6.45) is 8.11. The molecular formula is C41H63N5O7Si. The second kappa shape index (κ2) is 15.9. The van der Waals surface area contributed by atoms with Crippen LogP contribution in [0.25, 0.3) is 11.8 Å². The van der Waals surface area contributed by atoms with Crippen molar-refractivity contribution in [1.82, 2.24) is 19.9 Å². The van der Waals surface area contributed by atoms with Gasteiger partial charge in [-0.3, -0.25) is 14.5 Å². The van der Waals surface area contributed by atoms with Gasteiger partial charge in [0.15, 0.2) is 25.4 Å². The number of anilines is 1. The van der Waals surface area contributed by atoms with E-state index >= 15 is 9.59 Å². The van der Waals surface area contributed by atoms with Crippen LogP contribution in [0.15, 0.2) is 16.2 Å². The third-order valence-corrected chi connectivity index (χ3v) is 16.0. The molecule has 0 aromatic carbocycles. The molecule has 1 fully saturated rings. The van der Waals surface area contributed by atoms with Crippen LogP contribution in [0.2, 0.25) is 18.1 Å². The van der Waals surface area contributed by atoms with Crippen molar-refractivity contribution in [3.63, 3.8) is 0 Å². The fraction of sp³-hybridized carbons (Fsp3) is 0.659. The Morgan fingerprint density at radius 1 is 0.981 bits per heavy atom. The number of hydrogen-bond donors (Lipinski definition) is 1. The maximum Gasteiger partial charge on any atom is 0.265 e. The molecule has 1 N–H and O–H groups in total. The van der Waals surface area contributed by atoms with Crippen molar-refractivity contribution in [2.24, 2.45) is 11.8 Å². The molecular weight excluding hydrogens is 703 g/mol. The first-order chi connectivity index (χ1) is 25.3. The van der Waals surface area contributed by atoms with E-state index in [0.29, 0.717) is 61.2 Å². The monoisotopic (exact) mass is 765 g/mol. The smallest absolute Gasteiger partial charge is 0.265 e. The van der Waals surface area contributed by atoms with Crippen LogP contribution in [0.4, 0.5) is 5.82 Å². The molecule has 0 spiro atoms. The number of carbonyl (C=O) groups is 2. The van der Waals surface area contributed by atoms with Crippen LogP contribution in [0, 0.1) is 11.8 Å². The standard InChI is InChI=1S/C41H63N5O7Si/c1-14-16-21-50-34-28(19-18-20-44(6)7)42-38(46(10)11)26-23-25-24-27-32(45(8)9)35-31(39(43-52-35)51-22-17-15-2)37(49)41(27,53-54(12,13)40(3,4)5)36(48)29(25)33(47)30(26)34/h18-19,25,27,32,47H,14-17,20-24H2,1-13H3/t25-,27-,32-,41-/m0/s1. The average Bonchev–Trinajstić information content (AvgIpc) is 3.49. The van der Waals surface area contributed by atoms with Crippen molar-refractivity contribution in [3.8, 4) is 11.6 Å². The van der Waals surface area contributed by atoms with Crippen molar-refractivity contribution >= 4 is 37.5 Å². The zero-order valence-corrected chi connectivity index (χ0v) is 35.9. The van der Waals surface area contributed by atoms with Crippen LogP contribution in [-0.2, 0) is 15.6 Å². The van der Waals surface area contributed by atoms with Crippen molar-refractivity contribution in [2.45, 2.75) is 103 Å². The fourth-order valence-electron chi connectivity index (χ4n) is 7.81. The van der Waals surface area contributed by atoms with E-state index < -0.39 is 43.4 Å². The van der Waals surface area contributed by atoms with Crippen molar-refractivity contribution in [3.05, 3.63) is 39.8 Å². The van der Waals surface area contributed by atoms with E-state index in [2.05, 4.69) is 52.9 Å². The van der Waals surface area contributed by atoms with Crippen molar-refractivity contribution in [2.75, 3.05) is 66.9 Å². The van der Waals surface area contributed by atoms with Crippen LogP contribution in [0.5, 0.6) is 11.6 Å². The molecule has 0 saturated heterocycles. The lowest BCUT2D eigenvalue weighted by atomic mass is 9.57. The molecule has 5 rings (SSSR count). The molecule has 0 amide bonds. The number of likely N-dealkylation sites (N-methyl/N-ethyl adjacent to an activating group) is 1. The highest BCUT2D eigenvalue weighted by Crippen LogP contribution is 2.59. The molecule has 298 valence electrons. The number of unbranched alkanes of at least 4 members (excludes halogenated alkanes) is 2. The molecule has 0 aliphatic heterocycles. The van der Waals surface area contributed by atoms with E-state index in [9.17, 15) is 5.11 Å². The number of hydrogen-bond acceptors (Lipinski definition) is 12. The largest absolute Gasteiger partial charge is 0.507 e. The number of pyridine rings is 1. The minimum Gasteiger partial charge on any atom is -0.507 e. The lowest BCUT2D eigenvalue weighted by Gasteiger charge is -2.55. The highest BCUT2D eigenvalue weighted by Gasteiger charge is 2.69. The molecule has 12 nitrogen and oxygen atoms in total. The predicted octanol–water partition coefficient (Wildman–Crippen LogP) is 7.36. The second-order valence-electron chi connectivity index (χ2n) is 17.4. The van der Waals surface area contributed by atoms with Gasteiger partial charge in [0.1, 0.15) is 22.8 Å². The van der Waals surface area contributed by atoms with Gasteiger partial charge >= 0.3 is 0 Å². The van der Waals surface area contributed by atoms with Gasteiger partial charge in [0, 0.05) is 37.7 Å². The number of rotatable bonds is 15. The zero-order valence-electron chi connectivity index (χ0n) is 34.9. The normalized spacial score (nSPS) is 22.8. The molecule has 0 bridgehead atoms. The number of carbonyl (C=O) groups excluding carboxylic acids is 2. The van der Waals surface area contributed by atoms with Crippen LogP contribution >= 0.6 is 0 Å². The Labute approximate surface area is 323 Å². The molecule has 1 saturated carbocycles. The van der Waals surface area contributed by atoms with E-state index in [4.69, 9.17) is 23.4 Å². The van der Waals surface area contributed by atoms with Crippen LogP contribution in [-0.4, -0.2) is 113 Å². The molecule has 2 aromatic rings. The van der Waals surface area contributed by atoms with Gasteiger partial charge in [-0.1, -0.05) is 53.5 Å². The van der Waals surface area contributed by atoms with Crippen LogP contribution in [0.1, 0.15) is 106 Å². The summed E-state index contributed by atoms with van der Waals surface area (Å²) in [6.45, 7) is 16.0. The first-order valence-electron chi connectivity index (χ1n) is 19.5. The highest BCUT2D eigenvalue weighted by molar-refractivity contribution is 6.74. The van der Waals surface area contributed by atoms with Crippen LogP contribution in [0.3, 0.4) is 0 Å². The summed E-state index contributed by atoms with van der Waals surface area (Å²) in [5.41, 5.74) is 0.236. The Morgan fingerprint density at radius 3 is 2.20 bits per heavy atom. The number of Topliss-reactive ketones (excluding diaryl/α,β-unsaturated/α-hetero) is 2. The van der Waals surface area contributed by atoms with Crippen LogP contribution < -0.4 is 14.4 Å². The summed E-state index contributed by atoms with van der Waals surface area (Å²) < 4.78 is 25.8. The molecule has 3 aliphatic rings. The zero-order chi connectivity index (χ0) is 39.9. The molecule has 4 atom stereocenters. The SMILES string of the molecule is CCCCOc1noc2c1C(=O)[C@@]1(O[Si](C)(C)C(C)(C)C)C(=O)C3=C(O)c4c(c(N(C)C)nc(C=CCN(C)C)c4OCCCC)C[C@H]3C[C@H]1[C@@H]2N(C)C. The molecule has 0 unspecified atom stereocenters. The second-order valence-corrected chi connectivity index (χ2v) is 22.1. The number of aliphatic hydroxyl groups is 1. The number of fused-ring (bicyclic) bond motifs is 4. The summed E-state index contributed by atoms with van der Waals surface area (Å²) in [5.74, 6) is -0.666. The Kier molecular flexibility index (Phi) is 12.3. The van der Waals surface area contributed by atoms with Gasteiger partial charge < -0.3 is 33.3 Å². The van der Waals surface area contributed by atoms with Crippen molar-refractivity contribution in [1.29, 1.82) is 0 Å². The van der Waals surface area contributed by atoms with Crippen molar-refractivity contribution < 1.29 is 33.1 Å². The van der Waals surface area contributed by atoms with E-state index in [1.807, 2.05) is 69.1 Å². The van der Waals surface area contributed by atoms with E-state index in [1.165, 1.54) is 0 Å². The number of nitrogens with zero attached hydrogens (tertiary/aromatic N) is 5. The third-order valence-electron chi connectivity index (χ3n) is 11.6. The van der Waals surface area contributed by atoms with Gasteiger partial charge in [-0.25, -0.2) is 4.98 Å². The summed E-state index contributed by atoms with van der Waals surface area (Å²) in [7, 11) is 8.83. The van der Waals surface area contributed by atoms with E-state index in [1.54, 1.807) is 0 Å². The Bertz CT molecular complexity index is 1790. The first kappa shape index (κ1) is 41.6. The Balaban J connectivity index is 1.82. The van der Waals surface area contributed by atoms with Gasteiger partial charge in [0.25, 0.3) is 5.88 Å². The fourth-order valence-corrected chi connectivity index (χ4v) is 9.25. The number of ketones is 2.